The minimum absolute atomic E-state index is 0.0303. The molecule has 0 saturated carbocycles. The average molecular weight is 236 g/mol. The number of para-hydroxylation sites is 1. The first-order valence-electron chi connectivity index (χ1n) is 6.20. The standard InChI is InChI=1S/C14H20OS/c1-3-4-5-8-11-14(2)15-12-9-6-7-10-13(12)16-14/h6-7,9-10H,3-5,8,11H2,1-2H3. The van der Waals surface area contributed by atoms with Gasteiger partial charge in [0.25, 0.3) is 0 Å². The molecular formula is C14H20OS. The largest absolute Gasteiger partial charge is 0.475 e. The molecule has 0 bridgehead atoms. The van der Waals surface area contributed by atoms with Gasteiger partial charge in [-0.25, -0.2) is 0 Å². The monoisotopic (exact) mass is 236 g/mol. The number of unbranched alkanes of at least 4 members (excludes halogenated alkanes) is 3. The summed E-state index contributed by atoms with van der Waals surface area (Å²) in [6.07, 6.45) is 6.38. The van der Waals surface area contributed by atoms with Crippen molar-refractivity contribution >= 4 is 11.8 Å². The molecule has 0 saturated heterocycles. The summed E-state index contributed by atoms with van der Waals surface area (Å²) in [7, 11) is 0. The van der Waals surface area contributed by atoms with Crippen LogP contribution >= 0.6 is 11.8 Å². The van der Waals surface area contributed by atoms with Crippen LogP contribution in [0.25, 0.3) is 0 Å². The van der Waals surface area contributed by atoms with Crippen molar-refractivity contribution in [3.05, 3.63) is 24.3 Å². The van der Waals surface area contributed by atoms with Gasteiger partial charge in [0.15, 0.2) is 4.93 Å². The Bertz CT molecular complexity index is 323. The summed E-state index contributed by atoms with van der Waals surface area (Å²) in [5.41, 5.74) is 0. The maximum absolute atomic E-state index is 6.04. The van der Waals surface area contributed by atoms with Gasteiger partial charge in [-0.2, -0.15) is 0 Å². The topological polar surface area (TPSA) is 9.23 Å². The van der Waals surface area contributed by atoms with Crippen LogP contribution in [-0.4, -0.2) is 4.93 Å². The predicted octanol–water partition coefficient (Wildman–Crippen LogP) is 4.86. The molecule has 0 fully saturated rings. The van der Waals surface area contributed by atoms with E-state index in [2.05, 4.69) is 32.0 Å². The number of rotatable bonds is 5. The van der Waals surface area contributed by atoms with Gasteiger partial charge in [0, 0.05) is 0 Å². The van der Waals surface area contributed by atoms with Crippen molar-refractivity contribution < 1.29 is 4.74 Å². The summed E-state index contributed by atoms with van der Waals surface area (Å²) in [5, 5.41) is 0. The highest BCUT2D eigenvalue weighted by molar-refractivity contribution is 8.00. The third-order valence-electron chi connectivity index (χ3n) is 2.99. The van der Waals surface area contributed by atoms with Crippen molar-refractivity contribution in [1.82, 2.24) is 0 Å². The molecule has 0 aliphatic carbocycles. The lowest BCUT2D eigenvalue weighted by atomic mass is 10.1. The first-order chi connectivity index (χ1) is 7.73. The van der Waals surface area contributed by atoms with Crippen molar-refractivity contribution in [1.29, 1.82) is 0 Å². The molecule has 0 amide bonds. The second-order valence-corrected chi connectivity index (χ2v) is 6.10. The number of ether oxygens (including phenoxy) is 1. The van der Waals surface area contributed by atoms with E-state index < -0.39 is 0 Å². The third-order valence-corrected chi connectivity index (χ3v) is 4.26. The van der Waals surface area contributed by atoms with Crippen LogP contribution in [0.5, 0.6) is 5.75 Å². The molecule has 1 aliphatic heterocycles. The molecule has 0 N–H and O–H groups in total. The van der Waals surface area contributed by atoms with Crippen LogP contribution < -0.4 is 4.74 Å². The summed E-state index contributed by atoms with van der Waals surface area (Å²) in [6.45, 7) is 4.46. The van der Waals surface area contributed by atoms with Gasteiger partial charge >= 0.3 is 0 Å². The quantitative estimate of drug-likeness (QED) is 0.675. The van der Waals surface area contributed by atoms with Crippen molar-refractivity contribution in [3.8, 4) is 5.75 Å². The number of thioether (sulfide) groups is 1. The fraction of sp³-hybridized carbons (Fsp3) is 0.571. The fourth-order valence-electron chi connectivity index (χ4n) is 2.08. The molecule has 1 aromatic carbocycles. The summed E-state index contributed by atoms with van der Waals surface area (Å²) < 4.78 is 6.04. The maximum atomic E-state index is 6.04. The Hall–Kier alpha value is -0.630. The first kappa shape index (κ1) is 11.8. The zero-order valence-electron chi connectivity index (χ0n) is 10.2. The van der Waals surface area contributed by atoms with Crippen molar-refractivity contribution in [2.75, 3.05) is 0 Å². The van der Waals surface area contributed by atoms with Gasteiger partial charge in [-0.1, -0.05) is 50.1 Å². The molecule has 2 rings (SSSR count). The van der Waals surface area contributed by atoms with Crippen molar-refractivity contribution in [3.63, 3.8) is 0 Å². The lowest BCUT2D eigenvalue weighted by molar-refractivity contribution is 0.178. The highest BCUT2D eigenvalue weighted by Crippen LogP contribution is 2.49. The predicted molar refractivity (Wildman–Crippen MR) is 70.1 cm³/mol. The summed E-state index contributed by atoms with van der Waals surface area (Å²) in [4.78, 5) is 1.26. The van der Waals surface area contributed by atoms with Gasteiger partial charge in [0.05, 0.1) is 4.90 Å². The molecular weight excluding hydrogens is 216 g/mol. The zero-order chi connectivity index (χ0) is 11.4. The van der Waals surface area contributed by atoms with Gasteiger partial charge in [-0.3, -0.25) is 0 Å². The molecule has 2 heteroatoms. The smallest absolute Gasteiger partial charge is 0.156 e. The summed E-state index contributed by atoms with van der Waals surface area (Å²) in [5.74, 6) is 1.06. The van der Waals surface area contributed by atoms with Crippen LogP contribution in [0.4, 0.5) is 0 Å². The van der Waals surface area contributed by atoms with E-state index in [1.165, 1.54) is 30.6 Å². The van der Waals surface area contributed by atoms with E-state index in [4.69, 9.17) is 4.74 Å². The molecule has 1 aliphatic rings. The molecule has 0 aromatic heterocycles. The lowest BCUT2D eigenvalue weighted by Crippen LogP contribution is -2.23. The zero-order valence-corrected chi connectivity index (χ0v) is 11.0. The molecule has 1 nitrogen and oxygen atoms in total. The summed E-state index contributed by atoms with van der Waals surface area (Å²) in [6, 6.07) is 8.34. The first-order valence-corrected chi connectivity index (χ1v) is 7.02. The average Bonchev–Trinajstić information content (AvgIpc) is 2.61. The van der Waals surface area contributed by atoms with Crippen LogP contribution in [-0.2, 0) is 0 Å². The van der Waals surface area contributed by atoms with Gasteiger partial charge in [0.1, 0.15) is 5.75 Å². The molecule has 88 valence electrons. The second kappa shape index (κ2) is 5.13. The number of hydrogen-bond acceptors (Lipinski definition) is 2. The molecule has 0 radical (unpaired) electrons. The van der Waals surface area contributed by atoms with Gasteiger partial charge < -0.3 is 4.74 Å². The van der Waals surface area contributed by atoms with Crippen LogP contribution in [0.3, 0.4) is 0 Å². The Balaban J connectivity index is 1.88. The van der Waals surface area contributed by atoms with E-state index in [9.17, 15) is 0 Å². The molecule has 1 atom stereocenters. The Morgan fingerprint density at radius 1 is 1.19 bits per heavy atom. The fourth-order valence-corrected chi connectivity index (χ4v) is 3.28. The SMILES string of the molecule is CCCCCCC1(C)Oc2ccccc2S1. The van der Waals surface area contributed by atoms with E-state index in [0.717, 1.165) is 12.2 Å². The number of fused-ring (bicyclic) bond motifs is 1. The van der Waals surface area contributed by atoms with E-state index in [1.807, 2.05) is 17.8 Å². The van der Waals surface area contributed by atoms with E-state index in [0.29, 0.717) is 0 Å². The minimum Gasteiger partial charge on any atom is -0.475 e. The molecule has 16 heavy (non-hydrogen) atoms. The van der Waals surface area contributed by atoms with Crippen molar-refractivity contribution in [2.45, 2.75) is 55.8 Å². The van der Waals surface area contributed by atoms with Crippen LogP contribution in [0.1, 0.15) is 46.0 Å². The maximum Gasteiger partial charge on any atom is 0.156 e. The lowest BCUT2D eigenvalue weighted by Gasteiger charge is -2.22. The second-order valence-electron chi connectivity index (χ2n) is 4.60. The number of benzene rings is 1. The normalized spacial score (nSPS) is 22.9. The van der Waals surface area contributed by atoms with E-state index >= 15 is 0 Å². The Morgan fingerprint density at radius 2 is 2.00 bits per heavy atom. The van der Waals surface area contributed by atoms with E-state index in [1.54, 1.807) is 0 Å². The third kappa shape index (κ3) is 2.73. The van der Waals surface area contributed by atoms with E-state index in [-0.39, 0.29) is 4.93 Å². The van der Waals surface area contributed by atoms with Crippen LogP contribution in [0.2, 0.25) is 0 Å². The molecule has 1 heterocycles. The number of hydrogen-bond donors (Lipinski definition) is 0. The Kier molecular flexibility index (Phi) is 3.80. The molecule has 1 aromatic rings. The minimum atomic E-state index is -0.0303. The van der Waals surface area contributed by atoms with Crippen LogP contribution in [0.15, 0.2) is 29.2 Å². The van der Waals surface area contributed by atoms with Gasteiger partial charge in [0.2, 0.25) is 0 Å². The molecule has 0 spiro atoms. The van der Waals surface area contributed by atoms with Gasteiger partial charge in [-0.15, -0.1) is 0 Å². The molecule has 1 unspecified atom stereocenters. The van der Waals surface area contributed by atoms with Crippen molar-refractivity contribution in [2.24, 2.45) is 0 Å². The highest BCUT2D eigenvalue weighted by atomic mass is 32.2. The van der Waals surface area contributed by atoms with Gasteiger partial charge in [-0.05, 0) is 31.9 Å². The highest BCUT2D eigenvalue weighted by Gasteiger charge is 2.34. The summed E-state index contributed by atoms with van der Waals surface area (Å²) >= 11 is 1.87. The Labute approximate surface area is 103 Å². The van der Waals surface area contributed by atoms with Crippen LogP contribution in [0, 0.1) is 0 Å². The Morgan fingerprint density at radius 3 is 2.75 bits per heavy atom.